The molecule has 1 amide bonds. The molecule has 0 aliphatic carbocycles. The Bertz CT molecular complexity index is 1060. The van der Waals surface area contributed by atoms with Crippen molar-refractivity contribution in [1.29, 1.82) is 0 Å². The lowest BCUT2D eigenvalue weighted by atomic mass is 10.2. The zero-order valence-corrected chi connectivity index (χ0v) is 14.2. The highest BCUT2D eigenvalue weighted by Crippen LogP contribution is 2.17. The van der Waals surface area contributed by atoms with Crippen molar-refractivity contribution in [3.8, 4) is 5.69 Å². The van der Waals surface area contributed by atoms with Gasteiger partial charge in [0, 0.05) is 23.8 Å². The average molecular weight is 353 g/mol. The minimum absolute atomic E-state index is 0.210. The summed E-state index contributed by atoms with van der Waals surface area (Å²) in [4.78, 5) is 29.9. The van der Waals surface area contributed by atoms with E-state index in [4.69, 9.17) is 0 Å². The second-order valence-electron chi connectivity index (χ2n) is 5.63. The molecule has 2 N–H and O–H groups in total. The molecule has 8 heteroatoms. The summed E-state index contributed by atoms with van der Waals surface area (Å²) in [5, 5.41) is 7.66. The van der Waals surface area contributed by atoms with E-state index in [0.717, 1.165) is 10.7 Å². The van der Waals surface area contributed by atoms with Gasteiger partial charge >= 0.3 is 0 Å². The maximum Gasteiger partial charge on any atom is 0.271 e. The quantitative estimate of drug-likeness (QED) is 0.591. The molecule has 7 nitrogen and oxygen atoms in total. The number of rotatable bonds is 4. The molecule has 0 fully saturated rings. The molecule has 0 saturated heterocycles. The summed E-state index contributed by atoms with van der Waals surface area (Å²) < 4.78 is 3.25. The number of carbonyl (C=O) groups is 1. The van der Waals surface area contributed by atoms with E-state index in [9.17, 15) is 9.59 Å². The molecule has 4 rings (SSSR count). The average Bonchev–Trinajstić information content (AvgIpc) is 3.29. The third-order valence-electron chi connectivity index (χ3n) is 3.88. The number of H-pyrrole nitrogens is 1. The smallest absolute Gasteiger partial charge is 0.271 e. The summed E-state index contributed by atoms with van der Waals surface area (Å²) in [5.41, 5.74) is 1.37. The van der Waals surface area contributed by atoms with Crippen LogP contribution in [0.15, 0.2) is 59.0 Å². The van der Waals surface area contributed by atoms with Crippen molar-refractivity contribution >= 4 is 22.2 Å². The van der Waals surface area contributed by atoms with E-state index in [1.165, 1.54) is 22.1 Å². The summed E-state index contributed by atoms with van der Waals surface area (Å²) in [6.07, 6.45) is 3.80. The van der Waals surface area contributed by atoms with E-state index in [2.05, 4.69) is 15.4 Å². The number of fused-ring (bicyclic) bond motifs is 1. The van der Waals surface area contributed by atoms with Crippen molar-refractivity contribution in [2.75, 3.05) is 0 Å². The van der Waals surface area contributed by atoms with Crippen molar-refractivity contribution in [3.05, 3.63) is 75.9 Å². The van der Waals surface area contributed by atoms with Gasteiger partial charge in [0.15, 0.2) is 4.96 Å². The molecule has 126 valence electrons. The topological polar surface area (TPSA) is 84.2 Å². The normalized spacial score (nSPS) is 12.4. The Kier molecular flexibility index (Phi) is 3.73. The van der Waals surface area contributed by atoms with Gasteiger partial charge in [-0.15, -0.1) is 11.3 Å². The minimum Gasteiger partial charge on any atom is -0.343 e. The SMILES string of the molecule is C[C@@H](NC(=O)c1cc(=O)n(-c2ccccc2)[nH]1)c1cn2ccsc2n1. The number of carbonyl (C=O) groups excluding carboxylic acids is 1. The van der Waals surface area contributed by atoms with E-state index in [1.807, 2.05) is 47.3 Å². The first-order chi connectivity index (χ1) is 12.1. The molecule has 0 bridgehead atoms. The number of hydrogen-bond acceptors (Lipinski definition) is 4. The van der Waals surface area contributed by atoms with Crippen LogP contribution in [0.3, 0.4) is 0 Å². The fourth-order valence-electron chi connectivity index (χ4n) is 2.58. The third kappa shape index (κ3) is 2.87. The molecule has 0 aliphatic rings. The first-order valence-corrected chi connectivity index (χ1v) is 8.60. The van der Waals surface area contributed by atoms with Crippen LogP contribution in [0, 0.1) is 0 Å². The summed E-state index contributed by atoms with van der Waals surface area (Å²) >= 11 is 1.53. The van der Waals surface area contributed by atoms with Crippen molar-refractivity contribution in [1.82, 2.24) is 24.5 Å². The Balaban J connectivity index is 1.55. The highest BCUT2D eigenvalue weighted by atomic mass is 32.1. The standard InChI is InChI=1S/C17H15N5O2S/c1-11(14-10-21-7-8-25-17(21)19-14)18-16(24)13-9-15(23)22(20-13)12-5-3-2-4-6-12/h2-11,20H,1H3,(H,18,24)/t11-/m1/s1. The first kappa shape index (κ1) is 15.4. The van der Waals surface area contributed by atoms with Gasteiger partial charge in [-0.25, -0.2) is 9.67 Å². The molecule has 0 unspecified atom stereocenters. The molecule has 1 atom stereocenters. The van der Waals surface area contributed by atoms with Crippen LogP contribution in [0.1, 0.15) is 29.1 Å². The van der Waals surface area contributed by atoms with Crippen LogP contribution in [0.2, 0.25) is 0 Å². The monoisotopic (exact) mass is 353 g/mol. The number of hydrogen-bond donors (Lipinski definition) is 2. The number of amides is 1. The van der Waals surface area contributed by atoms with Gasteiger partial charge < -0.3 is 5.32 Å². The minimum atomic E-state index is -0.351. The number of nitrogens with one attached hydrogen (secondary N) is 2. The largest absolute Gasteiger partial charge is 0.343 e. The number of aromatic amines is 1. The Morgan fingerprint density at radius 1 is 1.32 bits per heavy atom. The Morgan fingerprint density at radius 3 is 2.88 bits per heavy atom. The van der Waals surface area contributed by atoms with Gasteiger partial charge in [0.05, 0.1) is 17.4 Å². The number of thiazole rings is 1. The third-order valence-corrected chi connectivity index (χ3v) is 4.65. The van der Waals surface area contributed by atoms with E-state index in [0.29, 0.717) is 5.69 Å². The lowest BCUT2D eigenvalue weighted by Gasteiger charge is -2.10. The molecule has 1 aromatic carbocycles. The number of aromatic nitrogens is 4. The molecule has 0 aliphatic heterocycles. The Labute approximate surface area is 146 Å². The molecular formula is C17H15N5O2S. The second-order valence-corrected chi connectivity index (χ2v) is 6.51. The van der Waals surface area contributed by atoms with E-state index in [1.54, 1.807) is 12.1 Å². The lowest BCUT2D eigenvalue weighted by Crippen LogP contribution is -2.27. The van der Waals surface area contributed by atoms with Crippen LogP contribution in [-0.4, -0.2) is 25.1 Å². The second kappa shape index (κ2) is 6.06. The molecule has 3 heterocycles. The zero-order chi connectivity index (χ0) is 17.4. The number of imidazole rings is 1. The zero-order valence-electron chi connectivity index (χ0n) is 13.3. The number of para-hydroxylation sites is 1. The molecule has 25 heavy (non-hydrogen) atoms. The Morgan fingerprint density at radius 2 is 2.12 bits per heavy atom. The molecular weight excluding hydrogens is 338 g/mol. The predicted molar refractivity (Wildman–Crippen MR) is 95.3 cm³/mol. The van der Waals surface area contributed by atoms with Crippen molar-refractivity contribution in [3.63, 3.8) is 0 Å². The van der Waals surface area contributed by atoms with Gasteiger partial charge in [0.2, 0.25) is 0 Å². The van der Waals surface area contributed by atoms with Gasteiger partial charge in [0.1, 0.15) is 5.69 Å². The molecule has 4 aromatic rings. The van der Waals surface area contributed by atoms with Crippen LogP contribution < -0.4 is 10.9 Å². The molecule has 3 aromatic heterocycles. The fraction of sp³-hybridized carbons (Fsp3) is 0.118. The lowest BCUT2D eigenvalue weighted by molar-refractivity contribution is 0.0933. The summed E-state index contributed by atoms with van der Waals surface area (Å²) in [6, 6.07) is 10.1. The predicted octanol–water partition coefficient (Wildman–Crippen LogP) is 2.37. The van der Waals surface area contributed by atoms with E-state index < -0.39 is 0 Å². The summed E-state index contributed by atoms with van der Waals surface area (Å²) in [6.45, 7) is 1.86. The van der Waals surface area contributed by atoms with Crippen LogP contribution in [0.25, 0.3) is 10.6 Å². The van der Waals surface area contributed by atoms with Crippen LogP contribution >= 0.6 is 11.3 Å². The van der Waals surface area contributed by atoms with Crippen molar-refractivity contribution < 1.29 is 4.79 Å². The van der Waals surface area contributed by atoms with Gasteiger partial charge in [0.25, 0.3) is 11.5 Å². The highest BCUT2D eigenvalue weighted by Gasteiger charge is 2.17. The summed E-state index contributed by atoms with van der Waals surface area (Å²) in [5.74, 6) is -0.351. The van der Waals surface area contributed by atoms with Gasteiger partial charge in [-0.3, -0.25) is 19.1 Å². The first-order valence-electron chi connectivity index (χ1n) is 7.72. The molecule has 0 saturated carbocycles. The van der Waals surface area contributed by atoms with Crippen molar-refractivity contribution in [2.24, 2.45) is 0 Å². The molecule has 0 spiro atoms. The number of benzene rings is 1. The van der Waals surface area contributed by atoms with Gasteiger partial charge in [-0.2, -0.15) is 0 Å². The van der Waals surface area contributed by atoms with E-state index in [-0.39, 0.29) is 23.2 Å². The van der Waals surface area contributed by atoms with Crippen LogP contribution in [-0.2, 0) is 0 Å². The van der Waals surface area contributed by atoms with Crippen molar-refractivity contribution in [2.45, 2.75) is 13.0 Å². The van der Waals surface area contributed by atoms with Crippen LogP contribution in [0.4, 0.5) is 0 Å². The highest BCUT2D eigenvalue weighted by molar-refractivity contribution is 7.15. The maximum absolute atomic E-state index is 12.5. The number of nitrogens with zero attached hydrogens (tertiary/aromatic N) is 3. The van der Waals surface area contributed by atoms with Gasteiger partial charge in [-0.1, -0.05) is 18.2 Å². The fourth-order valence-corrected chi connectivity index (χ4v) is 3.29. The Hall–Kier alpha value is -3.13. The maximum atomic E-state index is 12.5. The van der Waals surface area contributed by atoms with Crippen LogP contribution in [0.5, 0.6) is 0 Å². The summed E-state index contributed by atoms with van der Waals surface area (Å²) in [7, 11) is 0. The van der Waals surface area contributed by atoms with Gasteiger partial charge in [-0.05, 0) is 19.1 Å². The molecule has 0 radical (unpaired) electrons. The van der Waals surface area contributed by atoms with E-state index >= 15 is 0 Å².